The van der Waals surface area contributed by atoms with Gasteiger partial charge in [-0.2, -0.15) is 0 Å². The first-order valence-corrected chi connectivity index (χ1v) is 7.25. The number of aromatic nitrogens is 2. The van der Waals surface area contributed by atoms with Gasteiger partial charge in [-0.25, -0.2) is 0 Å². The Kier molecular flexibility index (Phi) is 1.37. The number of benzene rings is 1. The Labute approximate surface area is 167 Å². The number of nitrogens with zero attached hydrogens (tertiary/aromatic N) is 3. The maximum absolute atomic E-state index is 8.99. The van der Waals surface area contributed by atoms with E-state index in [0.29, 0.717) is 4.57 Å². The molecule has 0 bridgehead atoms. The summed E-state index contributed by atoms with van der Waals surface area (Å²) in [7, 11) is 0. The second-order valence-corrected chi connectivity index (χ2v) is 5.34. The third kappa shape index (κ3) is 2.73. The molecule has 1 aliphatic heterocycles. The number of rotatable bonds is 3. The topological polar surface area (TPSA) is 21.1 Å². The summed E-state index contributed by atoms with van der Waals surface area (Å²) in [4.78, 5) is 3.55. The highest BCUT2D eigenvalue weighted by Gasteiger charge is 2.22. The first-order valence-electron chi connectivity index (χ1n) is 15.7. The first kappa shape index (κ1) is 5.43. The van der Waals surface area contributed by atoms with E-state index in [4.69, 9.17) is 23.3 Å². The van der Waals surface area contributed by atoms with Crippen molar-refractivity contribution >= 4 is 10.9 Å². The first-order chi connectivity index (χ1) is 18.3. The number of fused-ring (bicyclic) bond motifs is 3. The summed E-state index contributed by atoms with van der Waals surface area (Å²) in [6.45, 7) is -10.9. The highest BCUT2D eigenvalue weighted by Crippen LogP contribution is 2.31. The van der Waals surface area contributed by atoms with Crippen LogP contribution in [0.2, 0.25) is 0 Å². The van der Waals surface area contributed by atoms with Crippen molar-refractivity contribution in [2.75, 3.05) is 13.5 Å². The summed E-state index contributed by atoms with van der Waals surface area (Å²) in [5.74, 6) is 0. The molecule has 3 heteroatoms. The molecule has 0 aliphatic carbocycles. The highest BCUT2D eigenvalue weighted by atomic mass is 15.1. The van der Waals surface area contributed by atoms with Gasteiger partial charge >= 0.3 is 0 Å². The molecule has 0 fully saturated rings. The standard InChI is InChI=1S/C21H25N3/c1-15-4-7-20-18(12-15)19-14-23(3)10-9-21(19)24(20)11-8-17-6-5-16(2)22-13-17/h4-7,12-13H,8-11,14H2,1-3H3/i3D3,4D,5D,6D,7D,9D2,10D2,11D2,12D,13D,14D2. The quantitative estimate of drug-likeness (QED) is 0.723. The SMILES string of the molecule is [2H]c1nc(C)c([2H])c([2H])c1CC([2H])([2H])n1c2c(c3c([2H])c(C)c([2H])c([2H])c31)C([2H])([2H])N(C([2H])([2H])[2H])C([2H])([2H])C2([2H])[2H]. The van der Waals surface area contributed by atoms with Crippen molar-refractivity contribution in [3.8, 4) is 0 Å². The lowest BCUT2D eigenvalue weighted by molar-refractivity contribution is 0.309. The van der Waals surface area contributed by atoms with Crippen LogP contribution in [-0.4, -0.2) is 27.9 Å². The number of pyridine rings is 1. The van der Waals surface area contributed by atoms with Gasteiger partial charge in [0, 0.05) is 66.7 Å². The Hall–Kier alpha value is -2.13. The zero-order valence-electron chi connectivity index (χ0n) is 30.0. The van der Waals surface area contributed by atoms with E-state index < -0.39 is 97.8 Å². The third-order valence-electron chi connectivity index (χ3n) is 3.53. The lowest BCUT2D eigenvalue weighted by Gasteiger charge is -2.24. The van der Waals surface area contributed by atoms with Gasteiger partial charge in [0.2, 0.25) is 0 Å². The molecule has 0 amide bonds. The van der Waals surface area contributed by atoms with Crippen LogP contribution in [0.1, 0.15) is 51.4 Å². The zero-order valence-corrected chi connectivity index (χ0v) is 13.0. The molecule has 2 aromatic heterocycles. The molecular formula is C21H25N3. The van der Waals surface area contributed by atoms with Crippen molar-refractivity contribution < 1.29 is 23.3 Å². The number of aryl methyl sites for hydroxylation is 2. The van der Waals surface area contributed by atoms with Crippen LogP contribution >= 0.6 is 0 Å². The van der Waals surface area contributed by atoms with E-state index >= 15 is 0 Å². The molecule has 124 valence electrons. The van der Waals surface area contributed by atoms with Crippen LogP contribution in [0, 0.1) is 13.8 Å². The molecule has 0 unspecified atom stereocenters. The van der Waals surface area contributed by atoms with E-state index in [1.54, 1.807) is 0 Å². The molecule has 0 spiro atoms. The van der Waals surface area contributed by atoms with E-state index in [1.807, 2.05) is 0 Å². The smallest absolute Gasteiger partial charge is 0.0843 e. The largest absolute Gasteiger partial charge is 0.344 e. The van der Waals surface area contributed by atoms with E-state index in [-0.39, 0.29) is 21.7 Å². The summed E-state index contributed by atoms with van der Waals surface area (Å²) in [6, 6.07) is -2.88. The minimum absolute atomic E-state index is 0.0252. The average Bonchev–Trinajstić information content (AvgIpc) is 3.20. The number of hydrogen-bond donors (Lipinski definition) is 0. The van der Waals surface area contributed by atoms with E-state index in [1.165, 1.54) is 13.8 Å². The second-order valence-electron chi connectivity index (χ2n) is 5.34. The molecule has 3 aromatic rings. The van der Waals surface area contributed by atoms with Crippen molar-refractivity contribution in [1.82, 2.24) is 14.5 Å². The predicted molar refractivity (Wildman–Crippen MR) is 99.4 cm³/mol. The molecule has 4 rings (SSSR count). The summed E-state index contributed by atoms with van der Waals surface area (Å²) in [6.07, 6.45) is -4.99. The summed E-state index contributed by atoms with van der Waals surface area (Å²) in [5, 5.41) is -0.568. The Bertz CT molecular complexity index is 1600. The fourth-order valence-electron chi connectivity index (χ4n) is 2.43. The molecule has 24 heavy (non-hydrogen) atoms. The van der Waals surface area contributed by atoms with Gasteiger partial charge in [0.15, 0.2) is 0 Å². The van der Waals surface area contributed by atoms with Crippen LogP contribution in [0.4, 0.5) is 0 Å². The Morgan fingerprint density at radius 1 is 1.33 bits per heavy atom. The van der Waals surface area contributed by atoms with Gasteiger partial charge < -0.3 is 9.47 Å². The maximum atomic E-state index is 8.99. The van der Waals surface area contributed by atoms with Crippen LogP contribution in [0.5, 0.6) is 0 Å². The van der Waals surface area contributed by atoms with Crippen molar-refractivity contribution in [1.29, 1.82) is 0 Å². The van der Waals surface area contributed by atoms with Crippen molar-refractivity contribution in [2.45, 2.75) is 39.6 Å². The fraction of sp³-hybridized carbons (Fsp3) is 0.381. The molecule has 1 aliphatic rings. The molecule has 1 aromatic carbocycles. The zero-order chi connectivity index (χ0) is 31.6. The van der Waals surface area contributed by atoms with Crippen molar-refractivity contribution in [3.05, 3.63) is 64.5 Å². The number of likely N-dealkylation sites (N-methyl/N-ethyl adjacent to an activating group) is 1. The molecular weight excluding hydrogens is 294 g/mol. The van der Waals surface area contributed by atoms with Crippen LogP contribution in [0.25, 0.3) is 10.9 Å². The lowest BCUT2D eigenvalue weighted by atomic mass is 10.0. The Balaban J connectivity index is 2.26. The van der Waals surface area contributed by atoms with E-state index in [2.05, 4.69) is 4.98 Å². The normalized spacial score (nSPS) is 32.7. The fourth-order valence-corrected chi connectivity index (χ4v) is 2.43. The maximum Gasteiger partial charge on any atom is 0.0843 e. The van der Waals surface area contributed by atoms with Gasteiger partial charge in [0.1, 0.15) is 0 Å². The Morgan fingerprint density at radius 3 is 3.12 bits per heavy atom. The average molecular weight is 337 g/mol. The van der Waals surface area contributed by atoms with Crippen LogP contribution in [-0.2, 0) is 25.8 Å². The predicted octanol–water partition coefficient (Wildman–Crippen LogP) is 3.88. The van der Waals surface area contributed by atoms with Gasteiger partial charge in [-0.3, -0.25) is 4.98 Å². The molecule has 0 N–H and O–H groups in total. The van der Waals surface area contributed by atoms with Crippen molar-refractivity contribution in [2.24, 2.45) is 0 Å². The highest BCUT2D eigenvalue weighted by molar-refractivity contribution is 5.86. The molecule has 0 saturated carbocycles. The molecule has 3 nitrogen and oxygen atoms in total. The van der Waals surface area contributed by atoms with Crippen LogP contribution in [0.3, 0.4) is 0 Å². The summed E-state index contributed by atoms with van der Waals surface area (Å²) < 4.78 is 144. The minimum atomic E-state index is -3.64. The monoisotopic (exact) mass is 336 g/mol. The second kappa shape index (κ2) is 6.06. The Morgan fingerprint density at radius 2 is 2.25 bits per heavy atom. The third-order valence-corrected chi connectivity index (χ3v) is 3.53. The van der Waals surface area contributed by atoms with E-state index in [0.717, 1.165) is 0 Å². The summed E-state index contributed by atoms with van der Waals surface area (Å²) >= 11 is 0. The van der Waals surface area contributed by atoms with Gasteiger partial charge in [-0.1, -0.05) is 17.6 Å². The van der Waals surface area contributed by atoms with Gasteiger partial charge in [-0.05, 0) is 56.5 Å². The minimum Gasteiger partial charge on any atom is -0.344 e. The van der Waals surface area contributed by atoms with Crippen LogP contribution in [0.15, 0.2) is 36.4 Å². The molecule has 3 heterocycles. The molecule has 0 saturated heterocycles. The summed E-state index contributed by atoms with van der Waals surface area (Å²) in [5.41, 5.74) is -3.07. The van der Waals surface area contributed by atoms with Crippen molar-refractivity contribution in [3.63, 3.8) is 0 Å². The van der Waals surface area contributed by atoms with Gasteiger partial charge in [0.25, 0.3) is 0 Å². The number of hydrogen-bond acceptors (Lipinski definition) is 2. The molecule has 0 atom stereocenters. The van der Waals surface area contributed by atoms with E-state index in [9.17, 15) is 0 Å². The lowest BCUT2D eigenvalue weighted by Crippen LogP contribution is -2.27. The molecule has 0 radical (unpaired) electrons. The van der Waals surface area contributed by atoms with Gasteiger partial charge in [0.05, 0.1) is 11.0 Å². The van der Waals surface area contributed by atoms with Crippen LogP contribution < -0.4 is 0 Å². The van der Waals surface area contributed by atoms with Gasteiger partial charge in [-0.15, -0.1) is 0 Å².